The van der Waals surface area contributed by atoms with Crippen LogP contribution in [-0.2, 0) is 9.59 Å². The van der Waals surface area contributed by atoms with E-state index in [1.54, 1.807) is 13.8 Å². The number of rotatable bonds is 7. The number of carbonyl (C=O) groups excluding carboxylic acids is 2. The minimum absolute atomic E-state index is 0.228. The second kappa shape index (κ2) is 9.70. The van der Waals surface area contributed by atoms with E-state index in [-0.39, 0.29) is 26.7 Å². The number of carbonyl (C=O) groups is 2. The Balaban J connectivity index is 2.10. The van der Waals surface area contributed by atoms with Gasteiger partial charge < -0.3 is 15.4 Å². The molecule has 2 atom stereocenters. The van der Waals surface area contributed by atoms with Crippen molar-refractivity contribution in [2.24, 2.45) is 0 Å². The summed E-state index contributed by atoms with van der Waals surface area (Å²) in [4.78, 5) is 25.5. The topological polar surface area (TPSA) is 67.4 Å². The zero-order chi connectivity index (χ0) is 21.8. The van der Waals surface area contributed by atoms with E-state index in [0.29, 0.717) is 12.1 Å². The van der Waals surface area contributed by atoms with E-state index in [1.807, 2.05) is 38.1 Å². The Hall–Kier alpha value is -1.95. The van der Waals surface area contributed by atoms with Crippen LogP contribution < -0.4 is 15.4 Å². The molecule has 0 radical (unpaired) electrons. The van der Waals surface area contributed by atoms with E-state index in [0.717, 1.165) is 5.56 Å². The average Bonchev–Trinajstić information content (AvgIpc) is 2.67. The number of aryl methyl sites for hydroxylation is 1. The van der Waals surface area contributed by atoms with Gasteiger partial charge in [0.05, 0.1) is 15.1 Å². The molecule has 0 fully saturated rings. The second-order valence-corrected chi connectivity index (χ2v) is 8.12. The van der Waals surface area contributed by atoms with Crippen LogP contribution in [0.1, 0.15) is 32.8 Å². The number of benzene rings is 2. The van der Waals surface area contributed by atoms with Gasteiger partial charge in [0.2, 0.25) is 5.91 Å². The smallest absolute Gasteiger partial charge is 0.261 e. The lowest BCUT2D eigenvalue weighted by molar-refractivity contribution is -0.134. The van der Waals surface area contributed by atoms with Gasteiger partial charge in [-0.25, -0.2) is 0 Å². The summed E-state index contributed by atoms with van der Waals surface area (Å²) in [5.41, 5.74) is 0.494. The zero-order valence-corrected chi connectivity index (χ0v) is 18.9. The van der Waals surface area contributed by atoms with E-state index >= 15 is 0 Å². The Kier molecular flexibility index (Phi) is 7.80. The molecule has 0 spiro atoms. The highest BCUT2D eigenvalue weighted by atomic mass is 35.5. The van der Waals surface area contributed by atoms with Gasteiger partial charge in [-0.1, -0.05) is 59.9 Å². The Morgan fingerprint density at radius 3 is 2.34 bits per heavy atom. The van der Waals surface area contributed by atoms with E-state index in [9.17, 15) is 9.59 Å². The molecule has 2 aromatic carbocycles. The van der Waals surface area contributed by atoms with Gasteiger partial charge in [0.25, 0.3) is 5.91 Å². The van der Waals surface area contributed by atoms with E-state index in [4.69, 9.17) is 39.5 Å². The Labute approximate surface area is 185 Å². The van der Waals surface area contributed by atoms with Crippen molar-refractivity contribution in [3.8, 4) is 5.75 Å². The van der Waals surface area contributed by atoms with Crippen LogP contribution in [-0.4, -0.2) is 23.5 Å². The fourth-order valence-corrected chi connectivity index (χ4v) is 3.07. The standard InChI is InChI=1S/C21H23Cl3N2O3/c1-5-21(4,20(28)25-17-9-7-6-8-12(17)2)26-19(27)13(3)29-18-11-15(23)14(22)10-16(18)24/h6-11,13H,5H2,1-4H3,(H,25,28)(H,26,27). The Bertz CT molecular complexity index is 920. The largest absolute Gasteiger partial charge is 0.479 e. The van der Waals surface area contributed by atoms with Crippen LogP contribution in [0.3, 0.4) is 0 Å². The number of ether oxygens (including phenoxy) is 1. The molecule has 0 aromatic heterocycles. The van der Waals surface area contributed by atoms with Crippen molar-refractivity contribution >= 4 is 52.3 Å². The molecule has 2 aromatic rings. The van der Waals surface area contributed by atoms with Crippen LogP contribution >= 0.6 is 34.8 Å². The molecule has 0 aliphatic heterocycles. The summed E-state index contributed by atoms with van der Waals surface area (Å²) in [5.74, 6) is -0.551. The number of para-hydroxylation sites is 1. The highest BCUT2D eigenvalue weighted by Gasteiger charge is 2.35. The van der Waals surface area contributed by atoms with Crippen molar-refractivity contribution in [1.29, 1.82) is 0 Å². The molecule has 0 saturated heterocycles. The number of hydrogen-bond acceptors (Lipinski definition) is 3. The first-order chi connectivity index (χ1) is 13.6. The zero-order valence-electron chi connectivity index (χ0n) is 16.6. The quantitative estimate of drug-likeness (QED) is 0.528. The molecular formula is C21H23Cl3N2O3. The first-order valence-corrected chi connectivity index (χ1v) is 10.2. The number of halogens is 3. The monoisotopic (exact) mass is 456 g/mol. The summed E-state index contributed by atoms with van der Waals surface area (Å²) in [6.45, 7) is 6.94. The first-order valence-electron chi connectivity index (χ1n) is 9.07. The molecule has 0 bridgehead atoms. The minimum atomic E-state index is -1.13. The molecule has 0 aliphatic carbocycles. The van der Waals surface area contributed by atoms with E-state index in [2.05, 4.69) is 10.6 Å². The molecule has 0 heterocycles. The maximum atomic E-state index is 12.9. The van der Waals surface area contributed by atoms with E-state index in [1.165, 1.54) is 12.1 Å². The lowest BCUT2D eigenvalue weighted by atomic mass is 9.96. The van der Waals surface area contributed by atoms with Crippen LogP contribution in [0, 0.1) is 6.92 Å². The molecule has 8 heteroatoms. The van der Waals surface area contributed by atoms with Crippen molar-refractivity contribution in [2.75, 3.05) is 5.32 Å². The molecule has 2 unspecified atom stereocenters. The molecule has 2 amide bonds. The van der Waals surface area contributed by atoms with Gasteiger partial charge >= 0.3 is 0 Å². The average molecular weight is 458 g/mol. The third-order valence-corrected chi connectivity index (χ3v) is 5.67. The third kappa shape index (κ3) is 5.78. The van der Waals surface area contributed by atoms with Crippen LogP contribution in [0.4, 0.5) is 5.69 Å². The maximum absolute atomic E-state index is 12.9. The lowest BCUT2D eigenvalue weighted by Gasteiger charge is -2.30. The van der Waals surface area contributed by atoms with Gasteiger partial charge in [-0.3, -0.25) is 9.59 Å². The fraction of sp³-hybridized carbons (Fsp3) is 0.333. The second-order valence-electron chi connectivity index (χ2n) is 6.90. The van der Waals surface area contributed by atoms with Crippen molar-refractivity contribution in [3.63, 3.8) is 0 Å². The normalized spacial score (nSPS) is 13.9. The van der Waals surface area contributed by atoms with Gasteiger partial charge in [0.15, 0.2) is 6.10 Å². The lowest BCUT2D eigenvalue weighted by Crippen LogP contribution is -2.56. The van der Waals surface area contributed by atoms with Crippen molar-refractivity contribution in [1.82, 2.24) is 5.32 Å². The minimum Gasteiger partial charge on any atom is -0.479 e. The summed E-state index contributed by atoms with van der Waals surface area (Å²) in [6.07, 6.45) is -0.529. The number of nitrogens with one attached hydrogen (secondary N) is 2. The fourth-order valence-electron chi connectivity index (χ4n) is 2.49. The summed E-state index contributed by atoms with van der Waals surface area (Å²) in [6, 6.07) is 10.3. The van der Waals surface area contributed by atoms with Gasteiger partial charge in [-0.2, -0.15) is 0 Å². The third-order valence-electron chi connectivity index (χ3n) is 4.65. The van der Waals surface area contributed by atoms with Crippen molar-refractivity contribution < 1.29 is 14.3 Å². The van der Waals surface area contributed by atoms with Gasteiger partial charge in [-0.05, 0) is 44.9 Å². The highest BCUT2D eigenvalue weighted by molar-refractivity contribution is 6.43. The van der Waals surface area contributed by atoms with Crippen LogP contribution in [0.15, 0.2) is 36.4 Å². The number of hydrogen-bond donors (Lipinski definition) is 2. The highest BCUT2D eigenvalue weighted by Crippen LogP contribution is 2.34. The molecule has 0 saturated carbocycles. The van der Waals surface area contributed by atoms with Gasteiger partial charge in [0, 0.05) is 11.8 Å². The molecule has 156 valence electrons. The molecule has 2 N–H and O–H groups in total. The predicted octanol–water partition coefficient (Wildman–Crippen LogP) is 5.65. The Morgan fingerprint density at radius 2 is 1.72 bits per heavy atom. The molecular weight excluding hydrogens is 435 g/mol. The summed E-state index contributed by atoms with van der Waals surface area (Å²) >= 11 is 18.0. The first kappa shape index (κ1) is 23.3. The SMILES string of the molecule is CCC(C)(NC(=O)C(C)Oc1cc(Cl)c(Cl)cc1Cl)C(=O)Nc1ccccc1C. The summed E-state index contributed by atoms with van der Waals surface area (Å²) < 4.78 is 5.63. The maximum Gasteiger partial charge on any atom is 0.261 e. The Morgan fingerprint density at radius 1 is 1.10 bits per heavy atom. The number of anilines is 1. The molecule has 2 rings (SSSR count). The van der Waals surface area contributed by atoms with E-state index < -0.39 is 17.6 Å². The van der Waals surface area contributed by atoms with Crippen molar-refractivity contribution in [3.05, 3.63) is 57.0 Å². The molecule has 5 nitrogen and oxygen atoms in total. The molecule has 29 heavy (non-hydrogen) atoms. The van der Waals surface area contributed by atoms with Crippen LogP contribution in [0.2, 0.25) is 15.1 Å². The van der Waals surface area contributed by atoms with Crippen LogP contribution in [0.5, 0.6) is 5.75 Å². The van der Waals surface area contributed by atoms with Gasteiger partial charge in [-0.15, -0.1) is 0 Å². The predicted molar refractivity (Wildman–Crippen MR) is 118 cm³/mol. The molecule has 0 aliphatic rings. The number of amides is 2. The summed E-state index contributed by atoms with van der Waals surface area (Å²) in [5, 5.41) is 6.42. The van der Waals surface area contributed by atoms with Gasteiger partial charge in [0.1, 0.15) is 11.3 Å². The summed E-state index contributed by atoms with van der Waals surface area (Å²) in [7, 11) is 0. The van der Waals surface area contributed by atoms with Crippen molar-refractivity contribution in [2.45, 2.75) is 45.8 Å². The van der Waals surface area contributed by atoms with Crippen LogP contribution in [0.25, 0.3) is 0 Å².